The zero-order valence-corrected chi connectivity index (χ0v) is 13.7. The number of benzene rings is 1. The summed E-state index contributed by atoms with van der Waals surface area (Å²) in [4.78, 5) is 27.5. The average molecular weight is 335 g/mol. The van der Waals surface area contributed by atoms with Gasteiger partial charge in [0.2, 0.25) is 0 Å². The summed E-state index contributed by atoms with van der Waals surface area (Å²) < 4.78 is 5.16. The van der Waals surface area contributed by atoms with E-state index in [4.69, 9.17) is 4.42 Å². The van der Waals surface area contributed by atoms with E-state index in [0.29, 0.717) is 23.6 Å². The van der Waals surface area contributed by atoms with Crippen molar-refractivity contribution in [2.75, 3.05) is 5.32 Å². The summed E-state index contributed by atoms with van der Waals surface area (Å²) in [7, 11) is 0. The van der Waals surface area contributed by atoms with Gasteiger partial charge in [0.15, 0.2) is 5.78 Å². The molecule has 0 unspecified atom stereocenters. The number of Topliss-reactive ketones (excluding diaryl/α,β-unsaturated/α-hetero) is 1. The molecule has 0 aliphatic heterocycles. The fourth-order valence-electron chi connectivity index (χ4n) is 2.23. The Labute approximate surface area is 144 Å². The molecule has 6 nitrogen and oxygen atoms in total. The second-order valence-corrected chi connectivity index (χ2v) is 5.45. The second kappa shape index (κ2) is 7.44. The Morgan fingerprint density at radius 2 is 1.80 bits per heavy atom. The predicted octanol–water partition coefficient (Wildman–Crippen LogP) is 3.55. The number of hydrogen-bond acceptors (Lipinski definition) is 5. The summed E-state index contributed by atoms with van der Waals surface area (Å²) in [6.07, 6.45) is 3.14. The fourth-order valence-corrected chi connectivity index (χ4v) is 2.23. The molecule has 2 aromatic heterocycles. The van der Waals surface area contributed by atoms with Crippen LogP contribution in [0.3, 0.4) is 0 Å². The second-order valence-electron chi connectivity index (χ2n) is 5.45. The number of nitrogens with one attached hydrogen (secondary N) is 2. The van der Waals surface area contributed by atoms with Crippen molar-refractivity contribution in [1.29, 1.82) is 0 Å². The molecule has 25 heavy (non-hydrogen) atoms. The summed E-state index contributed by atoms with van der Waals surface area (Å²) in [6.45, 7) is 1.85. The number of carbonyl (C=O) groups excluding carboxylic acids is 2. The Kier molecular flexibility index (Phi) is 4.89. The van der Waals surface area contributed by atoms with Crippen molar-refractivity contribution < 1.29 is 14.0 Å². The molecule has 3 aromatic rings. The summed E-state index contributed by atoms with van der Waals surface area (Å²) in [5.41, 5.74) is 2.57. The van der Waals surface area contributed by atoms with Gasteiger partial charge in [0.1, 0.15) is 11.5 Å². The number of ketones is 1. The van der Waals surface area contributed by atoms with Crippen LogP contribution >= 0.6 is 0 Å². The first-order valence-corrected chi connectivity index (χ1v) is 7.76. The van der Waals surface area contributed by atoms with Gasteiger partial charge in [0.05, 0.1) is 24.7 Å². The molecule has 1 amide bonds. The molecule has 0 bridgehead atoms. The summed E-state index contributed by atoms with van der Waals surface area (Å²) >= 11 is 0. The van der Waals surface area contributed by atoms with Crippen LogP contribution in [0.4, 0.5) is 11.4 Å². The van der Waals surface area contributed by atoms with E-state index in [1.165, 1.54) is 6.92 Å². The highest BCUT2D eigenvalue weighted by Crippen LogP contribution is 2.17. The smallest absolute Gasteiger partial charge is 0.270 e. The largest absolute Gasteiger partial charge is 0.467 e. The molecule has 126 valence electrons. The van der Waals surface area contributed by atoms with Gasteiger partial charge in [-0.3, -0.25) is 9.59 Å². The van der Waals surface area contributed by atoms with E-state index >= 15 is 0 Å². The first-order chi connectivity index (χ1) is 12.1. The maximum Gasteiger partial charge on any atom is 0.270 e. The van der Waals surface area contributed by atoms with Crippen LogP contribution < -0.4 is 10.6 Å². The topological polar surface area (TPSA) is 84.2 Å². The van der Waals surface area contributed by atoms with Gasteiger partial charge in [-0.2, -0.15) is 0 Å². The minimum Gasteiger partial charge on any atom is -0.467 e. The van der Waals surface area contributed by atoms with Crippen molar-refractivity contribution in [2.24, 2.45) is 0 Å². The van der Waals surface area contributed by atoms with Crippen LogP contribution in [0, 0.1) is 0 Å². The van der Waals surface area contributed by atoms with E-state index in [1.807, 2.05) is 12.1 Å². The molecule has 0 fully saturated rings. The van der Waals surface area contributed by atoms with Gasteiger partial charge in [-0.1, -0.05) is 0 Å². The third-order valence-corrected chi connectivity index (χ3v) is 3.58. The third kappa shape index (κ3) is 4.32. The molecule has 0 saturated carbocycles. The summed E-state index contributed by atoms with van der Waals surface area (Å²) in [5, 5.41) is 5.91. The molecule has 0 spiro atoms. The molecule has 3 rings (SSSR count). The lowest BCUT2D eigenvalue weighted by Gasteiger charge is -2.08. The number of nitrogens with zero attached hydrogens (tertiary/aromatic N) is 1. The maximum atomic E-state index is 12.0. The molecule has 0 saturated heterocycles. The highest BCUT2D eigenvalue weighted by atomic mass is 16.3. The maximum absolute atomic E-state index is 12.0. The number of pyridine rings is 1. The van der Waals surface area contributed by atoms with Crippen LogP contribution in [-0.2, 0) is 6.54 Å². The lowest BCUT2D eigenvalue weighted by atomic mass is 10.1. The van der Waals surface area contributed by atoms with Crippen molar-refractivity contribution in [3.05, 3.63) is 78.0 Å². The summed E-state index contributed by atoms with van der Waals surface area (Å²) in [5.74, 6) is 0.438. The number of anilines is 2. The Bertz CT molecular complexity index is 854. The molecule has 6 heteroatoms. The van der Waals surface area contributed by atoms with Gasteiger partial charge in [0, 0.05) is 11.3 Å². The van der Waals surface area contributed by atoms with E-state index < -0.39 is 0 Å². The van der Waals surface area contributed by atoms with Gasteiger partial charge in [-0.15, -0.1) is 0 Å². The van der Waals surface area contributed by atoms with Gasteiger partial charge in [0.25, 0.3) is 5.91 Å². The van der Waals surface area contributed by atoms with Gasteiger partial charge < -0.3 is 15.1 Å². The van der Waals surface area contributed by atoms with Crippen LogP contribution in [0.1, 0.15) is 33.5 Å². The lowest BCUT2D eigenvalue weighted by molar-refractivity contribution is 0.0942. The normalized spacial score (nSPS) is 10.3. The number of amides is 1. The number of rotatable bonds is 6. The molecule has 0 aliphatic carbocycles. The number of aromatic nitrogens is 1. The van der Waals surface area contributed by atoms with E-state index in [0.717, 1.165) is 11.4 Å². The number of hydrogen-bond donors (Lipinski definition) is 2. The van der Waals surface area contributed by atoms with Gasteiger partial charge >= 0.3 is 0 Å². The van der Waals surface area contributed by atoms with Crippen LogP contribution in [0.25, 0.3) is 0 Å². The summed E-state index contributed by atoms with van der Waals surface area (Å²) in [6, 6.07) is 14.1. The standard InChI is InChI=1S/C19H17N3O3/c1-13(23)14-4-6-15(7-5-14)22-16-8-9-18(20-11-16)19(24)21-12-17-3-2-10-25-17/h2-11,22H,12H2,1H3,(H,21,24). The van der Waals surface area contributed by atoms with E-state index in [9.17, 15) is 9.59 Å². The Balaban J connectivity index is 1.59. The molecular weight excluding hydrogens is 318 g/mol. The number of furan rings is 1. The Hall–Kier alpha value is -3.41. The monoisotopic (exact) mass is 335 g/mol. The van der Waals surface area contributed by atoms with E-state index in [-0.39, 0.29) is 11.7 Å². The van der Waals surface area contributed by atoms with Crippen LogP contribution in [0.5, 0.6) is 0 Å². The highest BCUT2D eigenvalue weighted by Gasteiger charge is 2.08. The molecule has 0 radical (unpaired) electrons. The fraction of sp³-hybridized carbons (Fsp3) is 0.105. The van der Waals surface area contributed by atoms with E-state index in [2.05, 4.69) is 15.6 Å². The Morgan fingerprint density at radius 1 is 1.04 bits per heavy atom. The minimum atomic E-state index is -0.270. The molecule has 2 N–H and O–H groups in total. The first kappa shape index (κ1) is 16.4. The van der Waals surface area contributed by atoms with Crippen LogP contribution in [0.15, 0.2) is 65.4 Å². The van der Waals surface area contributed by atoms with Crippen molar-refractivity contribution in [1.82, 2.24) is 10.3 Å². The molecule has 0 aliphatic rings. The Morgan fingerprint density at radius 3 is 2.40 bits per heavy atom. The lowest BCUT2D eigenvalue weighted by Crippen LogP contribution is -2.23. The predicted molar refractivity (Wildman–Crippen MR) is 93.8 cm³/mol. The molecule has 2 heterocycles. The quantitative estimate of drug-likeness (QED) is 0.673. The average Bonchev–Trinajstić information content (AvgIpc) is 3.14. The third-order valence-electron chi connectivity index (χ3n) is 3.58. The van der Waals surface area contributed by atoms with E-state index in [1.54, 1.807) is 48.9 Å². The van der Waals surface area contributed by atoms with Gasteiger partial charge in [-0.05, 0) is 55.5 Å². The zero-order valence-electron chi connectivity index (χ0n) is 13.7. The molecule has 0 atom stereocenters. The SMILES string of the molecule is CC(=O)c1ccc(Nc2ccc(C(=O)NCc3ccco3)nc2)cc1. The highest BCUT2D eigenvalue weighted by molar-refractivity contribution is 5.94. The number of carbonyl (C=O) groups is 2. The first-order valence-electron chi connectivity index (χ1n) is 7.76. The molecule has 1 aromatic carbocycles. The molecular formula is C19H17N3O3. The van der Waals surface area contributed by atoms with Crippen molar-refractivity contribution in [3.63, 3.8) is 0 Å². The van der Waals surface area contributed by atoms with Crippen LogP contribution in [-0.4, -0.2) is 16.7 Å². The minimum absolute atomic E-state index is 0.0260. The van der Waals surface area contributed by atoms with Crippen LogP contribution in [0.2, 0.25) is 0 Å². The van der Waals surface area contributed by atoms with Gasteiger partial charge in [-0.25, -0.2) is 4.98 Å². The zero-order chi connectivity index (χ0) is 17.6. The van der Waals surface area contributed by atoms with Crippen molar-refractivity contribution >= 4 is 23.1 Å². The van der Waals surface area contributed by atoms with Crippen molar-refractivity contribution in [2.45, 2.75) is 13.5 Å². The van der Waals surface area contributed by atoms with Crippen molar-refractivity contribution in [3.8, 4) is 0 Å².